The van der Waals surface area contributed by atoms with Crippen LogP contribution < -0.4 is 4.74 Å². The highest BCUT2D eigenvalue weighted by atomic mass is 79.9. The number of hydrogen-bond acceptors (Lipinski definition) is 3. The Balaban J connectivity index is 2.26. The Bertz CT molecular complexity index is 500. The maximum Gasteiger partial charge on any atom is 0.219 e. The van der Waals surface area contributed by atoms with E-state index in [1.54, 1.807) is 30.5 Å². The third-order valence-corrected chi connectivity index (χ3v) is 2.68. The minimum Gasteiger partial charge on any atom is -0.439 e. The fourth-order valence-corrected chi connectivity index (χ4v) is 1.54. The fourth-order valence-electron chi connectivity index (χ4n) is 1.20. The molecule has 0 radical (unpaired) electrons. The van der Waals surface area contributed by atoms with Gasteiger partial charge in [0.05, 0.1) is 0 Å². The number of pyridine rings is 1. The maximum atomic E-state index is 10.7. The molecule has 0 atom stereocenters. The Morgan fingerprint density at radius 1 is 1.25 bits per heavy atom. The second kappa shape index (κ2) is 4.90. The average Bonchev–Trinajstić information content (AvgIpc) is 2.33. The summed E-state index contributed by atoms with van der Waals surface area (Å²) >= 11 is 3.27. The van der Waals surface area contributed by atoms with Gasteiger partial charge in [0.1, 0.15) is 5.75 Å². The van der Waals surface area contributed by atoms with Crippen molar-refractivity contribution < 1.29 is 9.53 Å². The van der Waals surface area contributed by atoms with Crippen LogP contribution in [0.15, 0.2) is 47.1 Å². The number of halogens is 1. The number of nitrogens with zero attached hydrogens (tertiary/aromatic N) is 1. The number of benzene rings is 1. The van der Waals surface area contributed by atoms with Gasteiger partial charge >= 0.3 is 0 Å². The summed E-state index contributed by atoms with van der Waals surface area (Å²) in [5.41, 5.74) is 0.549. The zero-order valence-electron chi connectivity index (χ0n) is 8.26. The van der Waals surface area contributed by atoms with E-state index in [0.29, 0.717) is 17.2 Å². The minimum absolute atomic E-state index is 0.502. The van der Waals surface area contributed by atoms with Crippen molar-refractivity contribution in [2.45, 2.75) is 0 Å². The van der Waals surface area contributed by atoms with Crippen LogP contribution in [-0.2, 0) is 0 Å². The molecule has 0 aliphatic heterocycles. The van der Waals surface area contributed by atoms with Crippen LogP contribution in [0, 0.1) is 0 Å². The van der Waals surface area contributed by atoms with Crippen LogP contribution in [0.1, 0.15) is 10.4 Å². The molecule has 16 heavy (non-hydrogen) atoms. The summed E-state index contributed by atoms with van der Waals surface area (Å²) in [6.07, 6.45) is 2.42. The summed E-state index contributed by atoms with van der Waals surface area (Å²) in [4.78, 5) is 14.8. The molecule has 80 valence electrons. The van der Waals surface area contributed by atoms with Gasteiger partial charge in [-0.1, -0.05) is 22.0 Å². The molecule has 0 fully saturated rings. The van der Waals surface area contributed by atoms with Gasteiger partial charge in [0.2, 0.25) is 5.88 Å². The van der Waals surface area contributed by atoms with E-state index in [2.05, 4.69) is 20.9 Å². The molecule has 0 amide bonds. The van der Waals surface area contributed by atoms with Crippen molar-refractivity contribution in [3.8, 4) is 11.6 Å². The third kappa shape index (κ3) is 2.46. The molecule has 0 bridgehead atoms. The highest BCUT2D eigenvalue weighted by molar-refractivity contribution is 9.10. The van der Waals surface area contributed by atoms with Gasteiger partial charge < -0.3 is 4.74 Å². The molecule has 2 rings (SSSR count). The molecule has 0 aliphatic carbocycles. The van der Waals surface area contributed by atoms with Crippen LogP contribution in [0.4, 0.5) is 0 Å². The highest BCUT2D eigenvalue weighted by Crippen LogP contribution is 2.24. The van der Waals surface area contributed by atoms with E-state index in [9.17, 15) is 4.79 Å². The first kappa shape index (κ1) is 10.8. The molecule has 0 saturated carbocycles. The maximum absolute atomic E-state index is 10.7. The molecule has 4 heteroatoms. The number of hydrogen-bond donors (Lipinski definition) is 0. The predicted molar refractivity (Wildman–Crippen MR) is 63.8 cm³/mol. The Labute approximate surface area is 101 Å². The number of carbonyl (C=O) groups is 1. The molecule has 0 saturated heterocycles. The molecular formula is C12H8BrNO2. The van der Waals surface area contributed by atoms with Crippen LogP contribution in [0.5, 0.6) is 11.6 Å². The third-order valence-electron chi connectivity index (χ3n) is 1.95. The van der Waals surface area contributed by atoms with E-state index in [0.717, 1.165) is 10.8 Å². The lowest BCUT2D eigenvalue weighted by molar-refractivity contribution is 0.112. The number of aromatic nitrogens is 1. The van der Waals surface area contributed by atoms with E-state index in [1.165, 1.54) is 0 Å². The number of aldehydes is 1. The fraction of sp³-hybridized carbons (Fsp3) is 0. The van der Waals surface area contributed by atoms with Crippen molar-refractivity contribution >= 4 is 22.2 Å². The molecule has 0 spiro atoms. The lowest BCUT2D eigenvalue weighted by Crippen LogP contribution is -1.89. The molecule has 1 aromatic carbocycles. The predicted octanol–water partition coefficient (Wildman–Crippen LogP) is 3.45. The summed E-state index contributed by atoms with van der Waals surface area (Å²) in [6, 6.07) is 10.6. The van der Waals surface area contributed by atoms with E-state index in [4.69, 9.17) is 4.74 Å². The normalized spacial score (nSPS) is 9.81. The zero-order chi connectivity index (χ0) is 11.4. The highest BCUT2D eigenvalue weighted by Gasteiger charge is 2.02. The summed E-state index contributed by atoms with van der Waals surface area (Å²) < 4.78 is 6.23. The van der Waals surface area contributed by atoms with Gasteiger partial charge in [-0.3, -0.25) is 4.79 Å². The van der Waals surface area contributed by atoms with Gasteiger partial charge in [-0.15, -0.1) is 0 Å². The Morgan fingerprint density at radius 3 is 2.81 bits per heavy atom. The first-order chi connectivity index (χ1) is 7.79. The summed E-state index contributed by atoms with van der Waals surface area (Å²) in [7, 11) is 0. The van der Waals surface area contributed by atoms with Crippen LogP contribution in [0.25, 0.3) is 0 Å². The second-order valence-electron chi connectivity index (χ2n) is 3.07. The van der Waals surface area contributed by atoms with Gasteiger partial charge in [0, 0.05) is 22.3 Å². The lowest BCUT2D eigenvalue weighted by atomic mass is 10.2. The molecule has 1 heterocycles. The van der Waals surface area contributed by atoms with Crippen LogP contribution in [0.2, 0.25) is 0 Å². The van der Waals surface area contributed by atoms with E-state index in [1.807, 2.05) is 12.1 Å². The number of carbonyl (C=O) groups excluding carboxylic acids is 1. The van der Waals surface area contributed by atoms with Gasteiger partial charge in [0.15, 0.2) is 6.29 Å². The Kier molecular flexibility index (Phi) is 3.31. The monoisotopic (exact) mass is 277 g/mol. The van der Waals surface area contributed by atoms with Gasteiger partial charge in [-0.2, -0.15) is 0 Å². The molecule has 0 N–H and O–H groups in total. The van der Waals surface area contributed by atoms with Crippen LogP contribution in [0.3, 0.4) is 0 Å². The first-order valence-electron chi connectivity index (χ1n) is 4.63. The molecule has 3 nitrogen and oxygen atoms in total. The van der Waals surface area contributed by atoms with Crippen molar-refractivity contribution in [2.75, 3.05) is 0 Å². The SMILES string of the molecule is O=Cc1cc(Oc2ccccn2)ccc1Br. The number of rotatable bonds is 3. The lowest BCUT2D eigenvalue weighted by Gasteiger charge is -2.05. The van der Waals surface area contributed by atoms with Crippen molar-refractivity contribution in [1.82, 2.24) is 4.98 Å². The zero-order valence-corrected chi connectivity index (χ0v) is 9.85. The van der Waals surface area contributed by atoms with Gasteiger partial charge in [-0.05, 0) is 24.3 Å². The largest absolute Gasteiger partial charge is 0.439 e. The van der Waals surface area contributed by atoms with Crippen molar-refractivity contribution in [3.63, 3.8) is 0 Å². The van der Waals surface area contributed by atoms with E-state index < -0.39 is 0 Å². The van der Waals surface area contributed by atoms with Gasteiger partial charge in [0.25, 0.3) is 0 Å². The van der Waals surface area contributed by atoms with Crippen molar-refractivity contribution in [3.05, 3.63) is 52.6 Å². The van der Waals surface area contributed by atoms with Crippen molar-refractivity contribution in [1.29, 1.82) is 0 Å². The number of ether oxygens (including phenoxy) is 1. The summed E-state index contributed by atoms with van der Waals surface area (Å²) in [5, 5.41) is 0. The molecule has 1 aromatic heterocycles. The van der Waals surface area contributed by atoms with E-state index in [-0.39, 0.29) is 0 Å². The molecule has 0 aliphatic rings. The Morgan fingerprint density at radius 2 is 2.12 bits per heavy atom. The molecule has 0 unspecified atom stereocenters. The quantitative estimate of drug-likeness (QED) is 0.807. The van der Waals surface area contributed by atoms with Crippen LogP contribution >= 0.6 is 15.9 Å². The van der Waals surface area contributed by atoms with E-state index >= 15 is 0 Å². The topological polar surface area (TPSA) is 39.2 Å². The van der Waals surface area contributed by atoms with Crippen molar-refractivity contribution in [2.24, 2.45) is 0 Å². The van der Waals surface area contributed by atoms with Gasteiger partial charge in [-0.25, -0.2) is 4.98 Å². The van der Waals surface area contributed by atoms with Crippen LogP contribution in [-0.4, -0.2) is 11.3 Å². The Hall–Kier alpha value is -1.68. The standard InChI is InChI=1S/C12H8BrNO2/c13-11-5-4-10(7-9(11)8-15)16-12-3-1-2-6-14-12/h1-8H. The smallest absolute Gasteiger partial charge is 0.219 e. The second-order valence-corrected chi connectivity index (χ2v) is 3.93. The first-order valence-corrected chi connectivity index (χ1v) is 5.42. The summed E-state index contributed by atoms with van der Waals surface area (Å²) in [6.45, 7) is 0. The molecular weight excluding hydrogens is 270 g/mol. The summed E-state index contributed by atoms with van der Waals surface area (Å²) in [5.74, 6) is 1.09. The molecule has 2 aromatic rings. The minimum atomic E-state index is 0.502. The average molecular weight is 278 g/mol.